The molecular weight excluding hydrogens is 410 g/mol. The van der Waals surface area contributed by atoms with Crippen molar-refractivity contribution in [2.24, 2.45) is 52.3 Å². The minimum atomic E-state index is -0.359. The van der Waals surface area contributed by atoms with E-state index in [4.69, 9.17) is 4.74 Å². The fourth-order valence-corrected chi connectivity index (χ4v) is 11.1. The zero-order valence-electron chi connectivity index (χ0n) is 21.7. The smallest absolute Gasteiger partial charge is 0.221 e. The standard InChI is InChI=1S/C29H47NO3/c1-17-8-13-29(30(16-17)19(3)31)18(2)26-25(33-29)15-24-22-7-6-20-14-21(32)9-11-27(20,4)23(22)10-12-28(24,26)5/h17-18,20-26,32H,6-16H2,1-5H3/t17?,18?,20-,21?,22?,23?,24?,25?,26?,27-,28-,29?/m0/s1. The number of aliphatic hydroxyl groups excluding tert-OH is 1. The molecule has 9 unspecified atom stereocenters. The van der Waals surface area contributed by atoms with Gasteiger partial charge in [0.25, 0.3) is 0 Å². The molecule has 2 heterocycles. The Morgan fingerprint density at radius 3 is 2.45 bits per heavy atom. The number of hydrogen-bond acceptors (Lipinski definition) is 3. The molecule has 0 radical (unpaired) electrons. The van der Waals surface area contributed by atoms with Gasteiger partial charge in [0.1, 0.15) is 5.72 Å². The molecule has 0 aromatic carbocycles. The summed E-state index contributed by atoms with van der Waals surface area (Å²) in [4.78, 5) is 14.9. The molecule has 6 fully saturated rings. The van der Waals surface area contributed by atoms with Gasteiger partial charge in [-0.25, -0.2) is 0 Å². The molecule has 4 saturated carbocycles. The van der Waals surface area contributed by atoms with E-state index in [2.05, 4.69) is 32.6 Å². The van der Waals surface area contributed by atoms with Gasteiger partial charge in [0.15, 0.2) is 0 Å². The van der Waals surface area contributed by atoms with Crippen molar-refractivity contribution in [2.75, 3.05) is 6.54 Å². The van der Waals surface area contributed by atoms with Crippen molar-refractivity contribution in [1.82, 2.24) is 4.90 Å². The van der Waals surface area contributed by atoms with Crippen LogP contribution in [0, 0.1) is 52.3 Å². The monoisotopic (exact) mass is 457 g/mol. The van der Waals surface area contributed by atoms with E-state index < -0.39 is 0 Å². The highest BCUT2D eigenvalue weighted by molar-refractivity contribution is 5.74. The van der Waals surface area contributed by atoms with E-state index in [1.807, 2.05) is 0 Å². The van der Waals surface area contributed by atoms with Crippen molar-refractivity contribution < 1.29 is 14.6 Å². The predicted octanol–water partition coefficient (Wildman–Crippen LogP) is 5.63. The Kier molecular flexibility index (Phi) is 5.15. The van der Waals surface area contributed by atoms with Crippen LogP contribution in [-0.2, 0) is 9.53 Å². The average molecular weight is 458 g/mol. The molecule has 1 amide bonds. The molecular formula is C29H47NO3. The summed E-state index contributed by atoms with van der Waals surface area (Å²) in [5, 5.41) is 10.3. The first kappa shape index (κ1) is 22.8. The topological polar surface area (TPSA) is 49.8 Å². The number of carbonyl (C=O) groups is 1. The molecule has 4 heteroatoms. The normalized spacial score (nSPS) is 57.9. The Morgan fingerprint density at radius 2 is 1.70 bits per heavy atom. The van der Waals surface area contributed by atoms with Crippen molar-refractivity contribution >= 4 is 5.91 Å². The van der Waals surface area contributed by atoms with Gasteiger partial charge in [-0.2, -0.15) is 0 Å². The van der Waals surface area contributed by atoms with Crippen LogP contribution in [0.25, 0.3) is 0 Å². The van der Waals surface area contributed by atoms with Crippen molar-refractivity contribution in [3.63, 3.8) is 0 Å². The summed E-state index contributed by atoms with van der Waals surface area (Å²) < 4.78 is 7.10. The first-order valence-corrected chi connectivity index (χ1v) is 14.2. The summed E-state index contributed by atoms with van der Waals surface area (Å²) in [6, 6.07) is 0. The molecule has 6 aliphatic rings. The predicted molar refractivity (Wildman–Crippen MR) is 129 cm³/mol. The van der Waals surface area contributed by atoms with E-state index in [1.54, 1.807) is 6.92 Å². The van der Waals surface area contributed by atoms with Crippen molar-refractivity contribution in [3.8, 4) is 0 Å². The number of rotatable bonds is 0. The SMILES string of the molecule is CC(=O)N1CC(C)CCC12OC1CC3C4CC[C@H]5CC(O)CC[C@]5(C)C4CC[C@]3(C)C1C2C. The van der Waals surface area contributed by atoms with Crippen molar-refractivity contribution in [1.29, 1.82) is 0 Å². The second-order valence-corrected chi connectivity index (χ2v) is 14.0. The third kappa shape index (κ3) is 2.98. The van der Waals surface area contributed by atoms with E-state index in [0.717, 1.165) is 49.5 Å². The summed E-state index contributed by atoms with van der Waals surface area (Å²) >= 11 is 0. The number of piperidine rings is 1. The Balaban J connectivity index is 1.28. The van der Waals surface area contributed by atoms with Crippen LogP contribution in [0.1, 0.15) is 98.8 Å². The number of ether oxygens (including phenoxy) is 1. The summed E-state index contributed by atoms with van der Waals surface area (Å²) in [5.41, 5.74) is 0.416. The number of carbonyl (C=O) groups excluding carboxylic acids is 1. The number of likely N-dealkylation sites (tertiary alicyclic amines) is 1. The van der Waals surface area contributed by atoms with Crippen LogP contribution in [0.2, 0.25) is 0 Å². The maximum atomic E-state index is 12.7. The first-order valence-electron chi connectivity index (χ1n) is 14.2. The molecule has 186 valence electrons. The zero-order valence-corrected chi connectivity index (χ0v) is 21.7. The minimum absolute atomic E-state index is 0.0628. The maximum Gasteiger partial charge on any atom is 0.221 e. The molecule has 6 rings (SSSR count). The van der Waals surface area contributed by atoms with Gasteiger partial charge in [-0.3, -0.25) is 4.79 Å². The summed E-state index contributed by atoms with van der Waals surface area (Å²) in [5.74, 6) is 4.91. The maximum absolute atomic E-state index is 12.7. The summed E-state index contributed by atoms with van der Waals surface area (Å²) in [7, 11) is 0. The van der Waals surface area contributed by atoms with E-state index in [-0.39, 0.29) is 17.7 Å². The van der Waals surface area contributed by atoms with Crippen molar-refractivity contribution in [2.45, 2.75) is 117 Å². The Bertz CT molecular complexity index is 815. The molecule has 0 bridgehead atoms. The first-order chi connectivity index (χ1) is 15.6. The van der Waals surface area contributed by atoms with Crippen LogP contribution >= 0.6 is 0 Å². The van der Waals surface area contributed by atoms with E-state index in [1.165, 1.54) is 44.9 Å². The van der Waals surface area contributed by atoms with E-state index in [0.29, 0.717) is 34.7 Å². The Hall–Kier alpha value is -0.610. The van der Waals surface area contributed by atoms with Gasteiger partial charge in [0.2, 0.25) is 5.91 Å². The molecule has 2 saturated heterocycles. The highest BCUT2D eigenvalue weighted by Gasteiger charge is 2.70. The van der Waals surface area contributed by atoms with Crippen LogP contribution in [0.15, 0.2) is 0 Å². The Morgan fingerprint density at radius 1 is 0.939 bits per heavy atom. The van der Waals surface area contributed by atoms with Gasteiger partial charge in [0, 0.05) is 19.4 Å². The second-order valence-electron chi connectivity index (χ2n) is 14.0. The summed E-state index contributed by atoms with van der Waals surface area (Å²) in [6.45, 7) is 12.5. The van der Waals surface area contributed by atoms with Crippen LogP contribution in [0.5, 0.6) is 0 Å². The number of amides is 1. The van der Waals surface area contributed by atoms with Gasteiger partial charge in [-0.15, -0.1) is 0 Å². The molecule has 33 heavy (non-hydrogen) atoms. The molecule has 0 aromatic rings. The molecule has 1 N–H and O–H groups in total. The van der Waals surface area contributed by atoms with E-state index in [9.17, 15) is 9.90 Å². The number of nitrogens with zero attached hydrogens (tertiary/aromatic N) is 1. The Labute approximate surface area is 201 Å². The third-order valence-corrected chi connectivity index (χ3v) is 12.7. The molecule has 4 nitrogen and oxygen atoms in total. The largest absolute Gasteiger partial charge is 0.393 e. The lowest BCUT2D eigenvalue weighted by atomic mass is 9.44. The fraction of sp³-hybridized carbons (Fsp3) is 0.966. The quantitative estimate of drug-likeness (QED) is 0.513. The number of fused-ring (bicyclic) bond motifs is 7. The second kappa shape index (κ2) is 7.45. The lowest BCUT2D eigenvalue weighted by Crippen LogP contribution is -2.60. The van der Waals surface area contributed by atoms with Gasteiger partial charge in [0.05, 0.1) is 12.2 Å². The molecule has 0 aromatic heterocycles. The molecule has 2 aliphatic heterocycles. The molecule has 1 spiro atoms. The third-order valence-electron chi connectivity index (χ3n) is 12.7. The average Bonchev–Trinajstić information content (AvgIpc) is 3.21. The highest BCUT2D eigenvalue weighted by Crippen LogP contribution is 2.71. The van der Waals surface area contributed by atoms with Crippen LogP contribution in [0.4, 0.5) is 0 Å². The van der Waals surface area contributed by atoms with Gasteiger partial charge < -0.3 is 14.7 Å². The van der Waals surface area contributed by atoms with Gasteiger partial charge in [-0.05, 0) is 111 Å². The summed E-state index contributed by atoms with van der Waals surface area (Å²) in [6.07, 6.45) is 12.3. The van der Waals surface area contributed by atoms with Crippen LogP contribution in [0.3, 0.4) is 0 Å². The van der Waals surface area contributed by atoms with Crippen LogP contribution < -0.4 is 0 Å². The molecule has 12 atom stereocenters. The highest BCUT2D eigenvalue weighted by atomic mass is 16.5. The fourth-order valence-electron chi connectivity index (χ4n) is 11.1. The van der Waals surface area contributed by atoms with Crippen LogP contribution in [-0.4, -0.2) is 40.4 Å². The minimum Gasteiger partial charge on any atom is -0.393 e. The van der Waals surface area contributed by atoms with Gasteiger partial charge >= 0.3 is 0 Å². The zero-order chi connectivity index (χ0) is 23.3. The lowest BCUT2D eigenvalue weighted by Gasteiger charge is -2.61. The van der Waals surface area contributed by atoms with Gasteiger partial charge in [-0.1, -0.05) is 27.7 Å². The number of aliphatic hydroxyl groups is 1. The number of hydrogen-bond donors (Lipinski definition) is 1. The molecule has 4 aliphatic carbocycles. The van der Waals surface area contributed by atoms with E-state index >= 15 is 0 Å². The lowest BCUT2D eigenvalue weighted by molar-refractivity contribution is -0.201. The van der Waals surface area contributed by atoms with Crippen molar-refractivity contribution in [3.05, 3.63) is 0 Å².